The maximum Gasteiger partial charge on any atom is 0.268 e. The van der Waals surface area contributed by atoms with Crippen LogP contribution in [0, 0.1) is 13.8 Å². The fraction of sp³-hybridized carbons (Fsp3) is 0.312. The van der Waals surface area contributed by atoms with Gasteiger partial charge in [-0.25, -0.2) is 5.84 Å². The standard InChI is InChI=1S/C16H21N3O2/c1-11-6-4-5-7-13(11)9-19(3)10-14-8-15(12(2)21-14)16(20)18-17/h4-8H,9-10,17H2,1-3H3,(H,18,20). The number of rotatable bonds is 5. The maximum atomic E-state index is 11.6. The third-order valence-corrected chi connectivity index (χ3v) is 3.47. The van der Waals surface area contributed by atoms with Crippen LogP contribution < -0.4 is 11.3 Å². The third-order valence-electron chi connectivity index (χ3n) is 3.47. The van der Waals surface area contributed by atoms with E-state index in [-0.39, 0.29) is 5.91 Å². The van der Waals surface area contributed by atoms with E-state index in [4.69, 9.17) is 10.3 Å². The molecule has 21 heavy (non-hydrogen) atoms. The maximum absolute atomic E-state index is 11.6. The number of furan rings is 1. The second-order valence-corrected chi connectivity index (χ2v) is 5.25. The molecule has 0 saturated carbocycles. The van der Waals surface area contributed by atoms with Gasteiger partial charge >= 0.3 is 0 Å². The molecule has 0 radical (unpaired) electrons. The average Bonchev–Trinajstić information content (AvgIpc) is 2.81. The van der Waals surface area contributed by atoms with Gasteiger partial charge in [0, 0.05) is 6.54 Å². The van der Waals surface area contributed by atoms with Crippen LogP contribution in [0.4, 0.5) is 0 Å². The van der Waals surface area contributed by atoms with E-state index in [1.54, 1.807) is 13.0 Å². The number of benzene rings is 1. The van der Waals surface area contributed by atoms with Gasteiger partial charge in [-0.05, 0) is 38.1 Å². The van der Waals surface area contributed by atoms with Crippen LogP contribution >= 0.6 is 0 Å². The molecule has 0 saturated heterocycles. The number of hydrogen-bond donors (Lipinski definition) is 2. The first-order valence-electron chi connectivity index (χ1n) is 6.84. The predicted molar refractivity (Wildman–Crippen MR) is 81.4 cm³/mol. The second kappa shape index (κ2) is 6.56. The highest BCUT2D eigenvalue weighted by Gasteiger charge is 2.15. The van der Waals surface area contributed by atoms with Gasteiger partial charge in [0.05, 0.1) is 12.1 Å². The molecule has 112 valence electrons. The molecule has 0 fully saturated rings. The first kappa shape index (κ1) is 15.3. The fourth-order valence-corrected chi connectivity index (χ4v) is 2.33. The highest BCUT2D eigenvalue weighted by Crippen LogP contribution is 2.17. The smallest absolute Gasteiger partial charge is 0.268 e. The number of aryl methyl sites for hydroxylation is 2. The van der Waals surface area contributed by atoms with Crippen molar-refractivity contribution in [3.05, 3.63) is 58.5 Å². The van der Waals surface area contributed by atoms with Crippen LogP contribution in [0.15, 0.2) is 34.7 Å². The molecule has 1 heterocycles. The van der Waals surface area contributed by atoms with Crippen molar-refractivity contribution in [2.24, 2.45) is 5.84 Å². The molecule has 0 aliphatic carbocycles. The zero-order chi connectivity index (χ0) is 15.4. The molecule has 2 aromatic rings. The van der Waals surface area contributed by atoms with Gasteiger partial charge < -0.3 is 4.42 Å². The lowest BCUT2D eigenvalue weighted by Gasteiger charge is -2.16. The molecule has 5 nitrogen and oxygen atoms in total. The summed E-state index contributed by atoms with van der Waals surface area (Å²) in [5.41, 5.74) is 5.15. The predicted octanol–water partition coefficient (Wildman–Crippen LogP) is 2.13. The molecule has 5 heteroatoms. The Labute approximate surface area is 124 Å². The normalized spacial score (nSPS) is 10.9. The van der Waals surface area contributed by atoms with Gasteiger partial charge in [-0.1, -0.05) is 24.3 Å². The van der Waals surface area contributed by atoms with Gasteiger partial charge in [0.2, 0.25) is 0 Å². The molecule has 0 atom stereocenters. The van der Waals surface area contributed by atoms with Crippen molar-refractivity contribution in [1.29, 1.82) is 0 Å². The van der Waals surface area contributed by atoms with E-state index < -0.39 is 0 Å². The Balaban J connectivity index is 2.05. The molecule has 1 aromatic heterocycles. The summed E-state index contributed by atoms with van der Waals surface area (Å²) in [6.45, 7) is 5.32. The Morgan fingerprint density at radius 3 is 2.67 bits per heavy atom. The Morgan fingerprint density at radius 1 is 1.29 bits per heavy atom. The van der Waals surface area contributed by atoms with Crippen LogP contribution in [0.5, 0.6) is 0 Å². The molecule has 1 amide bonds. The number of hydrazine groups is 1. The Morgan fingerprint density at radius 2 is 2.00 bits per heavy atom. The highest BCUT2D eigenvalue weighted by atomic mass is 16.3. The number of amides is 1. The van der Waals surface area contributed by atoms with Crippen molar-refractivity contribution in [2.75, 3.05) is 7.05 Å². The molecule has 0 aliphatic heterocycles. The van der Waals surface area contributed by atoms with Crippen LogP contribution in [-0.4, -0.2) is 17.9 Å². The summed E-state index contributed by atoms with van der Waals surface area (Å²) in [5.74, 6) is 6.15. The molecular formula is C16H21N3O2. The van der Waals surface area contributed by atoms with Gasteiger partial charge in [0.25, 0.3) is 5.91 Å². The summed E-state index contributed by atoms with van der Waals surface area (Å²) >= 11 is 0. The Hall–Kier alpha value is -2.11. The molecule has 0 spiro atoms. The minimum Gasteiger partial charge on any atom is -0.464 e. The lowest BCUT2D eigenvalue weighted by molar-refractivity contribution is 0.0952. The van der Waals surface area contributed by atoms with Crippen molar-refractivity contribution in [3.63, 3.8) is 0 Å². The van der Waals surface area contributed by atoms with E-state index in [1.807, 2.05) is 19.2 Å². The number of hydrogen-bond acceptors (Lipinski definition) is 4. The zero-order valence-electron chi connectivity index (χ0n) is 12.6. The van der Waals surface area contributed by atoms with Crippen molar-refractivity contribution in [1.82, 2.24) is 10.3 Å². The van der Waals surface area contributed by atoms with Gasteiger partial charge in [-0.15, -0.1) is 0 Å². The molecule has 0 aliphatic rings. The van der Waals surface area contributed by atoms with Crippen LogP contribution in [0.3, 0.4) is 0 Å². The van der Waals surface area contributed by atoms with E-state index in [1.165, 1.54) is 11.1 Å². The minimum atomic E-state index is -0.330. The zero-order valence-corrected chi connectivity index (χ0v) is 12.6. The molecule has 0 bridgehead atoms. The summed E-state index contributed by atoms with van der Waals surface area (Å²) in [6, 6.07) is 10.0. The van der Waals surface area contributed by atoms with Crippen molar-refractivity contribution < 1.29 is 9.21 Å². The first-order chi connectivity index (χ1) is 10.0. The van der Waals surface area contributed by atoms with Crippen LogP contribution in [0.1, 0.15) is 33.0 Å². The van der Waals surface area contributed by atoms with E-state index in [9.17, 15) is 4.79 Å². The number of carbonyl (C=O) groups excluding carboxylic acids is 1. The van der Waals surface area contributed by atoms with E-state index in [2.05, 4.69) is 29.4 Å². The quantitative estimate of drug-likeness (QED) is 0.502. The summed E-state index contributed by atoms with van der Waals surface area (Å²) in [4.78, 5) is 13.7. The molecule has 1 aromatic carbocycles. The number of nitrogens with zero attached hydrogens (tertiary/aromatic N) is 1. The lowest BCUT2D eigenvalue weighted by Crippen LogP contribution is -2.30. The summed E-state index contributed by atoms with van der Waals surface area (Å²) < 4.78 is 5.62. The van der Waals surface area contributed by atoms with Gasteiger partial charge in [0.1, 0.15) is 11.5 Å². The lowest BCUT2D eigenvalue weighted by atomic mass is 10.1. The average molecular weight is 287 g/mol. The topological polar surface area (TPSA) is 71.5 Å². The number of nitrogen functional groups attached to an aromatic ring is 1. The van der Waals surface area contributed by atoms with Gasteiger partial charge in [0.15, 0.2) is 0 Å². The summed E-state index contributed by atoms with van der Waals surface area (Å²) in [6.07, 6.45) is 0. The SMILES string of the molecule is Cc1ccccc1CN(C)Cc1cc(C(=O)NN)c(C)o1. The van der Waals surface area contributed by atoms with Crippen LogP contribution in [-0.2, 0) is 13.1 Å². The number of nitrogens with two attached hydrogens (primary N) is 1. The van der Waals surface area contributed by atoms with E-state index in [0.717, 1.165) is 12.3 Å². The van der Waals surface area contributed by atoms with Crippen molar-refractivity contribution in [2.45, 2.75) is 26.9 Å². The second-order valence-electron chi connectivity index (χ2n) is 5.25. The fourth-order valence-electron chi connectivity index (χ4n) is 2.33. The van der Waals surface area contributed by atoms with E-state index in [0.29, 0.717) is 17.9 Å². The van der Waals surface area contributed by atoms with Crippen molar-refractivity contribution >= 4 is 5.91 Å². The monoisotopic (exact) mass is 287 g/mol. The summed E-state index contributed by atoms with van der Waals surface area (Å²) in [7, 11) is 2.02. The van der Waals surface area contributed by atoms with Gasteiger partial charge in [-0.2, -0.15) is 0 Å². The van der Waals surface area contributed by atoms with E-state index >= 15 is 0 Å². The third kappa shape index (κ3) is 3.71. The molecular weight excluding hydrogens is 266 g/mol. The Bertz CT molecular complexity index is 634. The number of nitrogens with one attached hydrogen (secondary N) is 1. The van der Waals surface area contributed by atoms with Gasteiger partial charge in [-0.3, -0.25) is 15.1 Å². The first-order valence-corrected chi connectivity index (χ1v) is 6.84. The highest BCUT2D eigenvalue weighted by molar-refractivity contribution is 5.94. The minimum absolute atomic E-state index is 0.330. The molecule has 0 unspecified atom stereocenters. The molecule has 2 rings (SSSR count). The summed E-state index contributed by atoms with van der Waals surface area (Å²) in [5, 5.41) is 0. The number of carbonyl (C=O) groups is 1. The van der Waals surface area contributed by atoms with Crippen LogP contribution in [0.2, 0.25) is 0 Å². The molecule has 3 N–H and O–H groups in total. The Kier molecular flexibility index (Phi) is 4.77. The largest absolute Gasteiger partial charge is 0.464 e. The van der Waals surface area contributed by atoms with Crippen molar-refractivity contribution in [3.8, 4) is 0 Å². The van der Waals surface area contributed by atoms with Crippen LogP contribution in [0.25, 0.3) is 0 Å².